The first-order chi connectivity index (χ1) is 14.8. The molecule has 1 aliphatic rings. The zero-order valence-corrected chi connectivity index (χ0v) is 17.8. The summed E-state index contributed by atoms with van der Waals surface area (Å²) in [6.45, 7) is 6.01. The van der Waals surface area contributed by atoms with Gasteiger partial charge in [0.2, 0.25) is 11.8 Å². The third-order valence-electron chi connectivity index (χ3n) is 5.63. The topological polar surface area (TPSA) is 94.3 Å². The Bertz CT molecular complexity index is 1150. The van der Waals surface area contributed by atoms with E-state index >= 15 is 0 Å². The van der Waals surface area contributed by atoms with Gasteiger partial charge in [0.15, 0.2) is 5.60 Å². The second-order valence-corrected chi connectivity index (χ2v) is 8.33. The SMILES string of the molecule is CC(C)c1ccc(NC(=O)C2(C)Cc3c(-c4cccc(C(N)=O)c4)ccnc3O2)cc1. The molecule has 0 saturated carbocycles. The zero-order chi connectivity index (χ0) is 22.2. The molecular formula is C25H25N3O3. The number of anilines is 1. The van der Waals surface area contributed by atoms with E-state index in [4.69, 9.17) is 10.5 Å². The number of rotatable bonds is 5. The highest BCUT2D eigenvalue weighted by atomic mass is 16.5. The molecule has 0 fully saturated rings. The first-order valence-electron chi connectivity index (χ1n) is 10.3. The predicted octanol–water partition coefficient (Wildman–Crippen LogP) is 4.30. The molecule has 2 aromatic carbocycles. The van der Waals surface area contributed by atoms with Gasteiger partial charge in [-0.25, -0.2) is 4.98 Å². The average molecular weight is 415 g/mol. The monoisotopic (exact) mass is 415 g/mol. The van der Waals surface area contributed by atoms with Crippen molar-refractivity contribution in [2.75, 3.05) is 5.32 Å². The summed E-state index contributed by atoms with van der Waals surface area (Å²) in [6.07, 6.45) is 2.00. The summed E-state index contributed by atoms with van der Waals surface area (Å²) in [4.78, 5) is 29.0. The van der Waals surface area contributed by atoms with Crippen LogP contribution in [0.25, 0.3) is 11.1 Å². The van der Waals surface area contributed by atoms with E-state index in [0.717, 1.165) is 22.4 Å². The Morgan fingerprint density at radius 1 is 1.13 bits per heavy atom. The molecule has 0 saturated heterocycles. The van der Waals surface area contributed by atoms with E-state index in [2.05, 4.69) is 24.1 Å². The predicted molar refractivity (Wildman–Crippen MR) is 120 cm³/mol. The summed E-state index contributed by atoms with van der Waals surface area (Å²) in [6, 6.07) is 16.8. The standard InChI is InChI=1S/C25H25N3O3/c1-15(2)16-7-9-19(10-8-16)28-24(30)25(3)14-21-20(11-12-27-23(21)31-25)17-5-4-6-18(13-17)22(26)29/h4-13,15H,14H2,1-3H3,(H2,26,29)(H,28,30). The molecule has 158 valence electrons. The summed E-state index contributed by atoms with van der Waals surface area (Å²) in [7, 11) is 0. The van der Waals surface area contributed by atoms with Gasteiger partial charge in [0.25, 0.3) is 5.91 Å². The summed E-state index contributed by atoms with van der Waals surface area (Å²) >= 11 is 0. The Morgan fingerprint density at radius 2 is 1.87 bits per heavy atom. The van der Waals surface area contributed by atoms with E-state index in [1.54, 1.807) is 31.3 Å². The minimum atomic E-state index is -1.09. The van der Waals surface area contributed by atoms with Crippen molar-refractivity contribution >= 4 is 17.5 Å². The number of pyridine rings is 1. The molecule has 2 amide bonds. The number of nitrogens with one attached hydrogen (secondary N) is 1. The van der Waals surface area contributed by atoms with Crippen molar-refractivity contribution in [3.05, 3.63) is 77.5 Å². The second kappa shape index (κ2) is 7.87. The summed E-state index contributed by atoms with van der Waals surface area (Å²) in [5.74, 6) is 0.124. The van der Waals surface area contributed by atoms with Crippen molar-refractivity contribution in [1.29, 1.82) is 0 Å². The molecule has 0 aliphatic carbocycles. The van der Waals surface area contributed by atoms with Crippen LogP contribution in [-0.2, 0) is 11.2 Å². The summed E-state index contributed by atoms with van der Waals surface area (Å²) in [5, 5.41) is 2.96. The van der Waals surface area contributed by atoms with Gasteiger partial charge < -0.3 is 15.8 Å². The van der Waals surface area contributed by atoms with Crippen molar-refractivity contribution in [2.45, 2.75) is 38.7 Å². The fourth-order valence-corrected chi connectivity index (χ4v) is 3.77. The van der Waals surface area contributed by atoms with Crippen LogP contribution in [0.2, 0.25) is 0 Å². The quantitative estimate of drug-likeness (QED) is 0.649. The lowest BCUT2D eigenvalue weighted by Crippen LogP contribution is -2.44. The van der Waals surface area contributed by atoms with Crippen LogP contribution in [0.1, 0.15) is 48.2 Å². The molecule has 1 aromatic heterocycles. The molecule has 3 aromatic rings. The molecule has 0 radical (unpaired) electrons. The maximum Gasteiger partial charge on any atom is 0.268 e. The minimum absolute atomic E-state index is 0.236. The van der Waals surface area contributed by atoms with E-state index in [1.165, 1.54) is 5.56 Å². The van der Waals surface area contributed by atoms with Gasteiger partial charge >= 0.3 is 0 Å². The molecule has 6 nitrogen and oxygen atoms in total. The number of nitrogens with two attached hydrogens (primary N) is 1. The van der Waals surface area contributed by atoms with Crippen molar-refractivity contribution in [3.63, 3.8) is 0 Å². The van der Waals surface area contributed by atoms with Gasteiger partial charge in [0.05, 0.1) is 0 Å². The number of fused-ring (bicyclic) bond motifs is 1. The highest BCUT2D eigenvalue weighted by Gasteiger charge is 2.44. The van der Waals surface area contributed by atoms with E-state index in [9.17, 15) is 9.59 Å². The van der Waals surface area contributed by atoms with Crippen LogP contribution in [0.4, 0.5) is 5.69 Å². The van der Waals surface area contributed by atoms with E-state index in [0.29, 0.717) is 23.8 Å². The normalized spacial score (nSPS) is 17.2. The molecule has 1 atom stereocenters. The Hall–Kier alpha value is -3.67. The van der Waals surface area contributed by atoms with E-state index in [1.807, 2.05) is 36.4 Å². The Balaban J connectivity index is 1.59. The number of ether oxygens (including phenoxy) is 1. The number of primary amides is 1. The number of hydrogen-bond acceptors (Lipinski definition) is 4. The highest BCUT2D eigenvalue weighted by molar-refractivity contribution is 5.98. The number of benzene rings is 2. The van der Waals surface area contributed by atoms with Gasteiger partial charge in [-0.2, -0.15) is 0 Å². The number of carbonyl (C=O) groups is 2. The molecule has 6 heteroatoms. The van der Waals surface area contributed by atoms with Crippen LogP contribution < -0.4 is 15.8 Å². The van der Waals surface area contributed by atoms with Crippen LogP contribution >= 0.6 is 0 Å². The fourth-order valence-electron chi connectivity index (χ4n) is 3.77. The Kier molecular flexibility index (Phi) is 5.23. The molecule has 2 heterocycles. The first kappa shape index (κ1) is 20.6. The van der Waals surface area contributed by atoms with Crippen LogP contribution in [0.15, 0.2) is 60.8 Å². The van der Waals surface area contributed by atoms with Gasteiger partial charge in [-0.3, -0.25) is 9.59 Å². The van der Waals surface area contributed by atoms with Crippen molar-refractivity contribution < 1.29 is 14.3 Å². The van der Waals surface area contributed by atoms with Gasteiger partial charge in [-0.05, 0) is 59.9 Å². The third kappa shape index (κ3) is 4.01. The lowest BCUT2D eigenvalue weighted by atomic mass is 9.92. The molecular weight excluding hydrogens is 390 g/mol. The molecule has 4 rings (SSSR count). The molecule has 1 unspecified atom stereocenters. The first-order valence-corrected chi connectivity index (χ1v) is 10.3. The molecule has 3 N–H and O–H groups in total. The number of aromatic nitrogens is 1. The lowest BCUT2D eigenvalue weighted by molar-refractivity contribution is -0.128. The van der Waals surface area contributed by atoms with Crippen molar-refractivity contribution in [1.82, 2.24) is 4.98 Å². The van der Waals surface area contributed by atoms with Crippen LogP contribution in [0.5, 0.6) is 5.88 Å². The average Bonchev–Trinajstić information content (AvgIpc) is 3.12. The Morgan fingerprint density at radius 3 is 2.55 bits per heavy atom. The maximum atomic E-state index is 13.1. The number of carbonyl (C=O) groups excluding carboxylic acids is 2. The maximum absolute atomic E-state index is 13.1. The van der Waals surface area contributed by atoms with Crippen LogP contribution in [-0.4, -0.2) is 22.4 Å². The van der Waals surface area contributed by atoms with Gasteiger partial charge in [-0.15, -0.1) is 0 Å². The highest BCUT2D eigenvalue weighted by Crippen LogP contribution is 2.40. The molecule has 0 bridgehead atoms. The minimum Gasteiger partial charge on any atom is -0.461 e. The van der Waals surface area contributed by atoms with Crippen LogP contribution in [0, 0.1) is 0 Å². The van der Waals surface area contributed by atoms with E-state index < -0.39 is 11.5 Å². The number of nitrogens with zero attached hydrogens (tertiary/aromatic N) is 1. The fraction of sp³-hybridized carbons (Fsp3) is 0.240. The largest absolute Gasteiger partial charge is 0.461 e. The lowest BCUT2D eigenvalue weighted by Gasteiger charge is -2.22. The zero-order valence-electron chi connectivity index (χ0n) is 17.8. The number of hydrogen-bond donors (Lipinski definition) is 2. The second-order valence-electron chi connectivity index (χ2n) is 8.33. The van der Waals surface area contributed by atoms with Gasteiger partial charge in [0.1, 0.15) is 0 Å². The smallest absolute Gasteiger partial charge is 0.268 e. The van der Waals surface area contributed by atoms with Gasteiger partial charge in [0, 0.05) is 29.4 Å². The summed E-state index contributed by atoms with van der Waals surface area (Å²) < 4.78 is 6.02. The van der Waals surface area contributed by atoms with Crippen molar-refractivity contribution in [3.8, 4) is 17.0 Å². The Labute approximate surface area is 181 Å². The summed E-state index contributed by atoms with van der Waals surface area (Å²) in [5.41, 5.74) is 9.21. The van der Waals surface area contributed by atoms with Gasteiger partial charge in [-0.1, -0.05) is 38.1 Å². The molecule has 31 heavy (non-hydrogen) atoms. The van der Waals surface area contributed by atoms with E-state index in [-0.39, 0.29) is 5.91 Å². The third-order valence-corrected chi connectivity index (χ3v) is 5.63. The molecule has 0 spiro atoms. The van der Waals surface area contributed by atoms with Crippen LogP contribution in [0.3, 0.4) is 0 Å². The number of amides is 2. The van der Waals surface area contributed by atoms with Crippen molar-refractivity contribution in [2.24, 2.45) is 5.73 Å². The molecule has 1 aliphatic heterocycles.